The molecule has 0 aromatic heterocycles. The molecule has 2 aliphatic rings. The largest absolute Gasteiger partial charge is 0.507 e. The molecule has 182 valence electrons. The summed E-state index contributed by atoms with van der Waals surface area (Å²) in [5, 5.41) is 21.7. The molecule has 0 saturated heterocycles. The summed E-state index contributed by atoms with van der Waals surface area (Å²) in [4.78, 5) is 26.7. The summed E-state index contributed by atoms with van der Waals surface area (Å²) in [6.07, 6.45) is 11.7. The Morgan fingerprint density at radius 3 is 1.97 bits per heavy atom. The van der Waals surface area contributed by atoms with Gasteiger partial charge in [-0.3, -0.25) is 9.59 Å². The molecule has 2 aromatic carbocycles. The van der Waals surface area contributed by atoms with Crippen LogP contribution in [-0.4, -0.2) is 21.8 Å². The van der Waals surface area contributed by atoms with Crippen LogP contribution in [0.15, 0.2) is 12.1 Å². The minimum absolute atomic E-state index is 0.0418. The summed E-state index contributed by atoms with van der Waals surface area (Å²) in [5.41, 5.74) is 13.4. The van der Waals surface area contributed by atoms with E-state index in [4.69, 9.17) is 11.5 Å². The lowest BCUT2D eigenvalue weighted by Gasteiger charge is -2.31. The second-order valence-corrected chi connectivity index (χ2v) is 10.1. The number of anilines is 2. The molecule has 0 unspecified atom stereocenters. The van der Waals surface area contributed by atoms with E-state index >= 15 is 0 Å². The maximum absolute atomic E-state index is 13.4. The van der Waals surface area contributed by atoms with Gasteiger partial charge in [0, 0.05) is 11.4 Å². The fraction of sp³-hybridized carbons (Fsp3) is 0.500. The van der Waals surface area contributed by atoms with Crippen LogP contribution in [0.3, 0.4) is 0 Å². The quantitative estimate of drug-likeness (QED) is 0.193. The number of aryl methyl sites for hydroxylation is 1. The maximum atomic E-state index is 13.4. The van der Waals surface area contributed by atoms with Gasteiger partial charge in [0.2, 0.25) is 11.6 Å². The smallest absolute Gasteiger partial charge is 0.200 e. The molecule has 0 amide bonds. The molecule has 0 heterocycles. The van der Waals surface area contributed by atoms with E-state index < -0.39 is 11.6 Å². The molecular formula is C28H36N2O4. The molecule has 6 heteroatoms. The van der Waals surface area contributed by atoms with Crippen molar-refractivity contribution in [1.82, 2.24) is 0 Å². The molecule has 0 aliphatic heterocycles. The van der Waals surface area contributed by atoms with Gasteiger partial charge in [-0.1, -0.05) is 45.4 Å². The number of nitrogens with two attached hydrogens (primary N) is 2. The highest BCUT2D eigenvalue weighted by molar-refractivity contribution is 6.33. The Morgan fingerprint density at radius 1 is 0.794 bits per heavy atom. The van der Waals surface area contributed by atoms with Crippen molar-refractivity contribution >= 4 is 22.9 Å². The van der Waals surface area contributed by atoms with Crippen LogP contribution in [0.1, 0.15) is 120 Å². The summed E-state index contributed by atoms with van der Waals surface area (Å²) in [6.45, 7) is 3.84. The number of carbonyl (C=O) groups is 2. The molecule has 0 radical (unpaired) electrons. The van der Waals surface area contributed by atoms with E-state index in [1.165, 1.54) is 44.6 Å². The van der Waals surface area contributed by atoms with Crippen molar-refractivity contribution in [2.45, 2.75) is 84.0 Å². The van der Waals surface area contributed by atoms with E-state index in [1.807, 2.05) is 0 Å². The van der Waals surface area contributed by atoms with Crippen molar-refractivity contribution < 1.29 is 19.8 Å². The highest BCUT2D eigenvalue weighted by Crippen LogP contribution is 2.48. The molecule has 1 fully saturated rings. The van der Waals surface area contributed by atoms with Crippen LogP contribution in [-0.2, 0) is 0 Å². The number of phenolic OH excluding ortho intramolecular Hbond substituents is 2. The molecule has 0 spiro atoms. The van der Waals surface area contributed by atoms with Gasteiger partial charge in [-0.25, -0.2) is 0 Å². The Kier molecular flexibility index (Phi) is 6.87. The first kappa shape index (κ1) is 24.1. The maximum Gasteiger partial charge on any atom is 0.200 e. The van der Waals surface area contributed by atoms with Crippen LogP contribution in [0, 0.1) is 12.8 Å². The SMILES string of the molecule is CCCCCCCC1CCC(c2cc(N)c3c(c2O)C(=O)c2c(N)cc(C)c(O)c2C3=O)CC1. The number of hydrogen-bond donors (Lipinski definition) is 4. The normalized spacial score (nSPS) is 19.7. The number of phenols is 2. The van der Waals surface area contributed by atoms with Crippen LogP contribution >= 0.6 is 0 Å². The van der Waals surface area contributed by atoms with Crippen molar-refractivity contribution in [1.29, 1.82) is 0 Å². The lowest BCUT2D eigenvalue weighted by molar-refractivity contribution is 0.0975. The number of aromatic hydroxyl groups is 2. The Hall–Kier alpha value is -3.02. The number of fused-ring (bicyclic) bond motifs is 2. The van der Waals surface area contributed by atoms with Gasteiger partial charge in [0.05, 0.1) is 22.3 Å². The second-order valence-electron chi connectivity index (χ2n) is 10.1. The van der Waals surface area contributed by atoms with Crippen LogP contribution in [0.4, 0.5) is 11.4 Å². The standard InChI is InChI=1S/C28H36N2O4/c1-3-4-5-6-7-8-16-9-11-17(12-10-16)18-14-20(30)22-24(26(18)32)28(34)21-19(29)13-15(2)25(31)23(21)27(22)33/h13-14,16-17,31-32H,3-12,29-30H2,1-2H3. The van der Waals surface area contributed by atoms with Gasteiger partial charge in [0.25, 0.3) is 0 Å². The monoisotopic (exact) mass is 464 g/mol. The molecule has 34 heavy (non-hydrogen) atoms. The van der Waals surface area contributed by atoms with Crippen molar-refractivity contribution in [2.24, 2.45) is 5.92 Å². The van der Waals surface area contributed by atoms with Gasteiger partial charge in [-0.05, 0) is 67.7 Å². The predicted octanol–water partition coefficient (Wildman–Crippen LogP) is 5.98. The molecule has 6 N–H and O–H groups in total. The number of nitrogen functional groups attached to an aromatic ring is 2. The number of rotatable bonds is 7. The molecule has 1 saturated carbocycles. The first-order valence-electron chi connectivity index (χ1n) is 12.6. The van der Waals surface area contributed by atoms with Gasteiger partial charge in [0.1, 0.15) is 11.5 Å². The third kappa shape index (κ3) is 4.15. The Morgan fingerprint density at radius 2 is 1.35 bits per heavy atom. The Balaban J connectivity index is 1.59. The van der Waals surface area contributed by atoms with Crippen LogP contribution in [0.25, 0.3) is 0 Å². The van der Waals surface area contributed by atoms with Gasteiger partial charge in [-0.2, -0.15) is 0 Å². The van der Waals surface area contributed by atoms with Gasteiger partial charge < -0.3 is 21.7 Å². The number of hydrogen-bond acceptors (Lipinski definition) is 6. The van der Waals surface area contributed by atoms with Crippen molar-refractivity contribution in [2.75, 3.05) is 11.5 Å². The zero-order chi connectivity index (χ0) is 24.6. The summed E-state index contributed by atoms with van der Waals surface area (Å²) < 4.78 is 0. The van der Waals surface area contributed by atoms with E-state index in [2.05, 4.69) is 6.92 Å². The fourth-order valence-electron chi connectivity index (χ4n) is 5.84. The average Bonchev–Trinajstić information content (AvgIpc) is 2.81. The first-order valence-corrected chi connectivity index (χ1v) is 12.6. The minimum Gasteiger partial charge on any atom is -0.507 e. The lowest BCUT2D eigenvalue weighted by Crippen LogP contribution is -2.25. The highest BCUT2D eigenvalue weighted by atomic mass is 16.3. The van der Waals surface area contributed by atoms with E-state index in [1.54, 1.807) is 13.0 Å². The number of carbonyl (C=O) groups excluding carboxylic acids is 2. The number of benzene rings is 2. The van der Waals surface area contributed by atoms with E-state index in [0.717, 1.165) is 25.7 Å². The lowest BCUT2D eigenvalue weighted by atomic mass is 9.74. The van der Waals surface area contributed by atoms with E-state index in [0.29, 0.717) is 17.0 Å². The molecule has 2 aromatic rings. The molecule has 0 bridgehead atoms. The topological polar surface area (TPSA) is 127 Å². The summed E-state index contributed by atoms with van der Waals surface area (Å²) in [6, 6.07) is 3.12. The summed E-state index contributed by atoms with van der Waals surface area (Å²) in [7, 11) is 0. The van der Waals surface area contributed by atoms with Crippen molar-refractivity contribution in [3.8, 4) is 11.5 Å². The zero-order valence-corrected chi connectivity index (χ0v) is 20.2. The average molecular weight is 465 g/mol. The molecule has 2 aliphatic carbocycles. The predicted molar refractivity (Wildman–Crippen MR) is 135 cm³/mol. The molecular weight excluding hydrogens is 428 g/mol. The van der Waals surface area contributed by atoms with E-state index in [-0.39, 0.29) is 51.0 Å². The molecule has 0 atom stereocenters. The minimum atomic E-state index is -0.580. The fourth-order valence-corrected chi connectivity index (χ4v) is 5.84. The van der Waals surface area contributed by atoms with Crippen LogP contribution in [0.2, 0.25) is 0 Å². The zero-order valence-electron chi connectivity index (χ0n) is 20.2. The third-order valence-electron chi connectivity index (χ3n) is 7.79. The van der Waals surface area contributed by atoms with Crippen molar-refractivity contribution in [3.63, 3.8) is 0 Å². The molecule has 6 nitrogen and oxygen atoms in total. The second kappa shape index (κ2) is 9.69. The third-order valence-corrected chi connectivity index (χ3v) is 7.79. The Labute approximate surface area is 201 Å². The summed E-state index contributed by atoms with van der Waals surface area (Å²) >= 11 is 0. The summed E-state index contributed by atoms with van der Waals surface area (Å²) in [5.74, 6) is -0.791. The van der Waals surface area contributed by atoms with Gasteiger partial charge >= 0.3 is 0 Å². The Bertz CT molecular complexity index is 1130. The number of unbranched alkanes of at least 4 members (excludes halogenated alkanes) is 4. The van der Waals surface area contributed by atoms with Crippen LogP contribution in [0.5, 0.6) is 11.5 Å². The first-order chi connectivity index (χ1) is 16.3. The molecule has 4 rings (SSSR count). The van der Waals surface area contributed by atoms with Gasteiger partial charge in [0.15, 0.2) is 0 Å². The highest BCUT2D eigenvalue weighted by Gasteiger charge is 2.39. The van der Waals surface area contributed by atoms with Crippen LogP contribution < -0.4 is 11.5 Å². The number of ketones is 2. The van der Waals surface area contributed by atoms with E-state index in [9.17, 15) is 19.8 Å². The van der Waals surface area contributed by atoms with Gasteiger partial charge in [-0.15, -0.1) is 0 Å². The van der Waals surface area contributed by atoms with Crippen molar-refractivity contribution in [3.05, 3.63) is 45.5 Å².